The number of carbonyl (C=O) groups excluding carboxylic acids is 3. The van der Waals surface area contributed by atoms with Crippen molar-refractivity contribution in [2.75, 3.05) is 20.0 Å². The van der Waals surface area contributed by atoms with Crippen LogP contribution in [0.4, 0.5) is 0 Å². The average Bonchev–Trinajstić information content (AvgIpc) is 2.71. The quantitative estimate of drug-likeness (QED) is 0.492. The Balaban J connectivity index is 0.000000614. The van der Waals surface area contributed by atoms with Gasteiger partial charge in [0.15, 0.2) is 0 Å². The van der Waals surface area contributed by atoms with Gasteiger partial charge < -0.3 is 14.7 Å². The molecule has 1 heterocycles. The average molecular weight is 447 g/mol. The van der Waals surface area contributed by atoms with Crippen molar-refractivity contribution < 1.29 is 34.8 Å². The molecule has 0 spiro atoms. The molecule has 0 aliphatic carbocycles. The molecule has 0 aromatic carbocycles. The summed E-state index contributed by atoms with van der Waals surface area (Å²) in [5, 5.41) is 0.766. The third-order valence-electron chi connectivity index (χ3n) is 3.08. The molecular formula is C16H21N3O8S2. The first kappa shape index (κ1) is 26.0. The standard InChI is InChI=1S/C12H15N3O3.C4H6O5S2/c1-4-10(16)13-7-14(11(17)5-2)9-15(8-13)12(18)6-3;1-3-10(5,6)9-11(7,8)4-2/h4-6H,1-3,7-9H2;3-4H,1-2H2. The third-order valence-corrected chi connectivity index (χ3v) is 5.41. The van der Waals surface area contributed by atoms with E-state index in [0.717, 1.165) is 18.2 Å². The predicted molar refractivity (Wildman–Crippen MR) is 105 cm³/mol. The van der Waals surface area contributed by atoms with E-state index < -0.39 is 20.2 Å². The summed E-state index contributed by atoms with van der Waals surface area (Å²) in [5.74, 6) is -1.05. The number of amides is 3. The van der Waals surface area contributed by atoms with Crippen molar-refractivity contribution in [3.63, 3.8) is 0 Å². The van der Waals surface area contributed by atoms with Gasteiger partial charge in [-0.3, -0.25) is 14.4 Å². The second-order valence-electron chi connectivity index (χ2n) is 5.06. The smallest absolute Gasteiger partial charge is 0.303 e. The van der Waals surface area contributed by atoms with Gasteiger partial charge in [0.25, 0.3) is 0 Å². The van der Waals surface area contributed by atoms with Crippen LogP contribution in [0.5, 0.6) is 0 Å². The first-order valence-electron chi connectivity index (χ1n) is 7.56. The van der Waals surface area contributed by atoms with E-state index in [1.165, 1.54) is 14.7 Å². The van der Waals surface area contributed by atoms with E-state index in [2.05, 4.69) is 36.5 Å². The third kappa shape index (κ3) is 8.68. The Hall–Kier alpha value is -3.03. The van der Waals surface area contributed by atoms with Crippen LogP contribution in [-0.4, -0.2) is 69.3 Å². The minimum Gasteiger partial charge on any atom is -0.303 e. The molecule has 1 rings (SSSR count). The van der Waals surface area contributed by atoms with Crippen LogP contribution in [0.25, 0.3) is 0 Å². The SMILES string of the molecule is C=CC(=O)N1CN(C(=O)C=C)CN(C(=O)C=C)C1.C=CS(=O)(=O)OS(=O)(=O)C=C. The number of hydrogen-bond acceptors (Lipinski definition) is 8. The highest BCUT2D eigenvalue weighted by Crippen LogP contribution is 2.09. The monoisotopic (exact) mass is 447 g/mol. The van der Waals surface area contributed by atoms with Crippen LogP contribution < -0.4 is 0 Å². The lowest BCUT2D eigenvalue weighted by Crippen LogP contribution is -2.58. The predicted octanol–water partition coefficient (Wildman–Crippen LogP) is -0.134. The van der Waals surface area contributed by atoms with E-state index in [9.17, 15) is 31.2 Å². The Labute approximate surface area is 169 Å². The highest BCUT2D eigenvalue weighted by atomic mass is 32.3. The van der Waals surface area contributed by atoms with Gasteiger partial charge in [-0.1, -0.05) is 32.9 Å². The normalized spacial score (nSPS) is 14.0. The van der Waals surface area contributed by atoms with Crippen molar-refractivity contribution in [2.24, 2.45) is 0 Å². The van der Waals surface area contributed by atoms with Gasteiger partial charge in [-0.25, -0.2) is 0 Å². The van der Waals surface area contributed by atoms with Crippen molar-refractivity contribution in [1.82, 2.24) is 14.7 Å². The van der Waals surface area contributed by atoms with E-state index in [0.29, 0.717) is 10.8 Å². The summed E-state index contributed by atoms with van der Waals surface area (Å²) in [7, 11) is -8.37. The van der Waals surface area contributed by atoms with Gasteiger partial charge in [0.2, 0.25) is 17.7 Å². The van der Waals surface area contributed by atoms with Gasteiger partial charge in [-0.15, -0.1) is 3.63 Å². The Bertz CT molecular complexity index is 818. The van der Waals surface area contributed by atoms with Gasteiger partial charge in [-0.2, -0.15) is 16.8 Å². The van der Waals surface area contributed by atoms with E-state index >= 15 is 0 Å². The summed E-state index contributed by atoms with van der Waals surface area (Å²) in [6.07, 6.45) is 3.41. The van der Waals surface area contributed by atoms with Crippen LogP contribution in [0.1, 0.15) is 0 Å². The van der Waals surface area contributed by atoms with E-state index in [1.54, 1.807) is 0 Å². The summed E-state index contributed by atoms with van der Waals surface area (Å²) in [4.78, 5) is 38.7. The van der Waals surface area contributed by atoms with Gasteiger partial charge in [0.1, 0.15) is 0 Å². The van der Waals surface area contributed by atoms with E-state index in [4.69, 9.17) is 0 Å². The molecule has 1 saturated heterocycles. The molecule has 0 unspecified atom stereocenters. The summed E-state index contributed by atoms with van der Waals surface area (Å²) in [6.45, 7) is 16.1. The molecule has 0 atom stereocenters. The molecule has 0 radical (unpaired) electrons. The van der Waals surface area contributed by atoms with Crippen molar-refractivity contribution in [1.29, 1.82) is 0 Å². The molecule has 13 heteroatoms. The molecule has 1 aliphatic heterocycles. The lowest BCUT2D eigenvalue weighted by molar-refractivity contribution is -0.152. The topological polar surface area (TPSA) is 138 Å². The van der Waals surface area contributed by atoms with Crippen LogP contribution in [-0.2, 0) is 38.2 Å². The van der Waals surface area contributed by atoms with Crippen LogP contribution in [0.3, 0.4) is 0 Å². The van der Waals surface area contributed by atoms with Gasteiger partial charge >= 0.3 is 20.2 Å². The molecule has 1 aliphatic rings. The molecule has 29 heavy (non-hydrogen) atoms. The van der Waals surface area contributed by atoms with Crippen molar-refractivity contribution >= 4 is 38.0 Å². The number of hydrogen-bond donors (Lipinski definition) is 0. The van der Waals surface area contributed by atoms with Crippen LogP contribution in [0.2, 0.25) is 0 Å². The maximum absolute atomic E-state index is 11.6. The fourth-order valence-electron chi connectivity index (χ4n) is 1.75. The largest absolute Gasteiger partial charge is 0.304 e. The first-order chi connectivity index (χ1) is 13.4. The van der Waals surface area contributed by atoms with Gasteiger partial charge in [0.05, 0.1) is 30.8 Å². The molecule has 0 bridgehead atoms. The zero-order valence-electron chi connectivity index (χ0n) is 15.5. The number of nitrogens with zero attached hydrogens (tertiary/aromatic N) is 3. The maximum Gasteiger partial charge on any atom is 0.304 e. The zero-order valence-corrected chi connectivity index (χ0v) is 17.1. The van der Waals surface area contributed by atoms with Crippen molar-refractivity contribution in [3.05, 3.63) is 61.9 Å². The summed E-state index contributed by atoms with van der Waals surface area (Å²) in [5.41, 5.74) is 0. The second-order valence-corrected chi connectivity index (χ2v) is 8.24. The highest BCUT2D eigenvalue weighted by molar-refractivity contribution is 8.02. The molecule has 0 N–H and O–H groups in total. The van der Waals surface area contributed by atoms with Crippen LogP contribution in [0, 0.1) is 0 Å². The van der Waals surface area contributed by atoms with E-state index in [-0.39, 0.29) is 37.7 Å². The van der Waals surface area contributed by atoms with Gasteiger partial charge in [0, 0.05) is 0 Å². The molecule has 1 fully saturated rings. The first-order valence-corrected chi connectivity index (χ1v) is 10.5. The van der Waals surface area contributed by atoms with Crippen molar-refractivity contribution in [3.8, 4) is 0 Å². The maximum atomic E-state index is 11.6. The van der Waals surface area contributed by atoms with Crippen molar-refractivity contribution in [2.45, 2.75) is 0 Å². The lowest BCUT2D eigenvalue weighted by Gasteiger charge is -2.41. The Morgan fingerprint density at radius 3 is 1.03 bits per heavy atom. The summed E-state index contributed by atoms with van der Waals surface area (Å²) >= 11 is 0. The molecule has 0 aromatic heterocycles. The fraction of sp³-hybridized carbons (Fsp3) is 0.188. The second kappa shape index (κ2) is 11.1. The molecular weight excluding hydrogens is 426 g/mol. The highest BCUT2D eigenvalue weighted by Gasteiger charge is 2.29. The zero-order chi connectivity index (χ0) is 22.8. The molecule has 3 amide bonds. The summed E-state index contributed by atoms with van der Waals surface area (Å²) in [6, 6.07) is 0. The van der Waals surface area contributed by atoms with E-state index in [1.807, 2.05) is 0 Å². The minimum absolute atomic E-state index is 0.108. The molecule has 160 valence electrons. The lowest BCUT2D eigenvalue weighted by atomic mass is 10.4. The van der Waals surface area contributed by atoms with Crippen LogP contribution >= 0.6 is 0 Å². The number of rotatable bonds is 7. The summed E-state index contributed by atoms with van der Waals surface area (Å²) < 4.78 is 45.3. The Morgan fingerprint density at radius 2 is 0.862 bits per heavy atom. The molecule has 11 nitrogen and oxygen atoms in total. The number of carbonyl (C=O) groups is 3. The van der Waals surface area contributed by atoms with Crippen LogP contribution in [0.15, 0.2) is 61.9 Å². The van der Waals surface area contributed by atoms with Gasteiger partial charge in [-0.05, 0) is 18.2 Å². The molecule has 0 aromatic rings. The Morgan fingerprint density at radius 1 is 0.621 bits per heavy atom. The Kier molecular flexibility index (Phi) is 9.93. The minimum atomic E-state index is -4.18. The fourth-order valence-corrected chi connectivity index (χ4v) is 3.25. The molecule has 0 saturated carbocycles.